The van der Waals surface area contributed by atoms with Gasteiger partial charge in [0.1, 0.15) is 0 Å². The standard InChI is InChI=1S/C22H30N4O2/c1-17(2)28-15-7-13-23-22(27)19-10-6-14-26(16-19)21-12-11-20(24-25-21)18-8-4-3-5-9-18/h3-5,8-9,11-12,17,19H,6-7,10,13-16H2,1-2H3,(H,23,27)/t19-/m0/s1. The lowest BCUT2D eigenvalue weighted by atomic mass is 9.97. The molecule has 1 atom stereocenters. The fraction of sp³-hybridized carbons (Fsp3) is 0.500. The normalized spacial score (nSPS) is 17.0. The van der Waals surface area contributed by atoms with Crippen LogP contribution in [0.4, 0.5) is 5.82 Å². The maximum atomic E-state index is 12.5. The first-order chi connectivity index (χ1) is 13.6. The lowest BCUT2D eigenvalue weighted by Crippen LogP contribution is -2.43. The van der Waals surface area contributed by atoms with Crippen LogP contribution in [0.5, 0.6) is 0 Å². The van der Waals surface area contributed by atoms with Gasteiger partial charge >= 0.3 is 0 Å². The van der Waals surface area contributed by atoms with Crippen molar-refractivity contribution in [3.8, 4) is 11.3 Å². The van der Waals surface area contributed by atoms with Crippen molar-refractivity contribution in [3.63, 3.8) is 0 Å². The minimum absolute atomic E-state index is 0.00429. The number of carbonyl (C=O) groups is 1. The van der Waals surface area contributed by atoms with Gasteiger partial charge in [0.15, 0.2) is 5.82 Å². The molecule has 2 heterocycles. The molecule has 6 heteroatoms. The number of rotatable bonds is 8. The molecule has 1 amide bonds. The highest BCUT2D eigenvalue weighted by molar-refractivity contribution is 5.79. The molecule has 1 aromatic heterocycles. The molecule has 1 saturated heterocycles. The second kappa shape index (κ2) is 10.2. The number of benzene rings is 1. The van der Waals surface area contributed by atoms with Gasteiger partial charge in [-0.25, -0.2) is 0 Å². The van der Waals surface area contributed by atoms with Gasteiger partial charge in [0, 0.05) is 31.8 Å². The predicted molar refractivity (Wildman–Crippen MR) is 111 cm³/mol. The van der Waals surface area contributed by atoms with E-state index in [0.29, 0.717) is 19.7 Å². The lowest BCUT2D eigenvalue weighted by Gasteiger charge is -2.32. The second-order valence-corrected chi connectivity index (χ2v) is 7.49. The largest absolute Gasteiger partial charge is 0.379 e. The number of nitrogens with one attached hydrogen (secondary N) is 1. The van der Waals surface area contributed by atoms with Gasteiger partial charge in [-0.2, -0.15) is 0 Å². The van der Waals surface area contributed by atoms with Crippen molar-refractivity contribution in [1.82, 2.24) is 15.5 Å². The average Bonchev–Trinajstić information content (AvgIpc) is 2.74. The molecule has 28 heavy (non-hydrogen) atoms. The molecule has 1 aliphatic heterocycles. The lowest BCUT2D eigenvalue weighted by molar-refractivity contribution is -0.125. The average molecular weight is 383 g/mol. The van der Waals surface area contributed by atoms with Crippen LogP contribution >= 0.6 is 0 Å². The molecule has 1 aliphatic rings. The zero-order valence-electron chi connectivity index (χ0n) is 16.8. The van der Waals surface area contributed by atoms with Crippen molar-refractivity contribution in [2.45, 2.75) is 39.2 Å². The molecule has 0 spiro atoms. The Morgan fingerprint density at radius 3 is 2.75 bits per heavy atom. The van der Waals surface area contributed by atoms with Gasteiger partial charge in [-0.05, 0) is 45.2 Å². The number of anilines is 1. The maximum absolute atomic E-state index is 12.5. The first kappa shape index (κ1) is 20.3. The van der Waals surface area contributed by atoms with Gasteiger partial charge in [0.2, 0.25) is 5.91 Å². The van der Waals surface area contributed by atoms with Gasteiger partial charge in [0.25, 0.3) is 0 Å². The summed E-state index contributed by atoms with van der Waals surface area (Å²) in [4.78, 5) is 14.7. The molecule has 0 bridgehead atoms. The Hall–Kier alpha value is -2.47. The third kappa shape index (κ3) is 5.76. The minimum Gasteiger partial charge on any atom is -0.379 e. The van der Waals surface area contributed by atoms with Crippen LogP contribution in [0.15, 0.2) is 42.5 Å². The van der Waals surface area contributed by atoms with Crippen molar-refractivity contribution in [2.75, 3.05) is 31.1 Å². The van der Waals surface area contributed by atoms with Crippen molar-refractivity contribution in [1.29, 1.82) is 0 Å². The molecule has 0 radical (unpaired) electrons. The molecule has 1 fully saturated rings. The van der Waals surface area contributed by atoms with Crippen LogP contribution in [-0.2, 0) is 9.53 Å². The number of ether oxygens (including phenoxy) is 1. The highest BCUT2D eigenvalue weighted by Gasteiger charge is 2.26. The quantitative estimate of drug-likeness (QED) is 0.710. The van der Waals surface area contributed by atoms with E-state index in [1.54, 1.807) is 0 Å². The van der Waals surface area contributed by atoms with E-state index in [-0.39, 0.29) is 17.9 Å². The summed E-state index contributed by atoms with van der Waals surface area (Å²) < 4.78 is 5.51. The maximum Gasteiger partial charge on any atom is 0.224 e. The smallest absolute Gasteiger partial charge is 0.224 e. The number of nitrogens with zero attached hydrogens (tertiary/aromatic N) is 3. The van der Waals surface area contributed by atoms with Gasteiger partial charge in [0.05, 0.1) is 17.7 Å². The fourth-order valence-corrected chi connectivity index (χ4v) is 3.40. The van der Waals surface area contributed by atoms with Crippen molar-refractivity contribution >= 4 is 11.7 Å². The van der Waals surface area contributed by atoms with E-state index in [4.69, 9.17) is 4.74 Å². The molecule has 0 saturated carbocycles. The third-order valence-electron chi connectivity index (χ3n) is 4.91. The molecule has 1 N–H and O–H groups in total. The topological polar surface area (TPSA) is 67.3 Å². The highest BCUT2D eigenvalue weighted by Crippen LogP contribution is 2.23. The molecular weight excluding hydrogens is 352 g/mol. The summed E-state index contributed by atoms with van der Waals surface area (Å²) in [6.45, 7) is 6.97. The first-order valence-corrected chi connectivity index (χ1v) is 10.2. The predicted octanol–water partition coefficient (Wildman–Crippen LogP) is 3.29. The number of hydrogen-bond acceptors (Lipinski definition) is 5. The van der Waals surface area contributed by atoms with Crippen LogP contribution in [0, 0.1) is 5.92 Å². The van der Waals surface area contributed by atoms with E-state index in [0.717, 1.165) is 42.9 Å². The molecular formula is C22H30N4O2. The molecule has 150 valence electrons. The summed E-state index contributed by atoms with van der Waals surface area (Å²) in [7, 11) is 0. The fourth-order valence-electron chi connectivity index (χ4n) is 3.40. The zero-order valence-corrected chi connectivity index (χ0v) is 16.8. The molecule has 6 nitrogen and oxygen atoms in total. The van der Waals surface area contributed by atoms with Crippen LogP contribution in [0.2, 0.25) is 0 Å². The monoisotopic (exact) mass is 382 g/mol. The van der Waals surface area contributed by atoms with Crippen molar-refractivity contribution in [2.24, 2.45) is 5.92 Å². The minimum atomic E-state index is -0.00429. The summed E-state index contributed by atoms with van der Waals surface area (Å²) >= 11 is 0. The Kier molecular flexibility index (Phi) is 7.37. The van der Waals surface area contributed by atoms with Gasteiger partial charge < -0.3 is 15.0 Å². The van der Waals surface area contributed by atoms with Crippen LogP contribution in [0.3, 0.4) is 0 Å². The Labute approximate surface area is 167 Å². The number of carbonyl (C=O) groups excluding carboxylic acids is 1. The van der Waals surface area contributed by atoms with E-state index in [2.05, 4.69) is 20.4 Å². The van der Waals surface area contributed by atoms with E-state index in [9.17, 15) is 4.79 Å². The third-order valence-corrected chi connectivity index (χ3v) is 4.91. The van der Waals surface area contributed by atoms with Crippen LogP contribution < -0.4 is 10.2 Å². The Morgan fingerprint density at radius 1 is 1.21 bits per heavy atom. The number of piperidine rings is 1. The van der Waals surface area contributed by atoms with Crippen molar-refractivity contribution in [3.05, 3.63) is 42.5 Å². The molecule has 0 aliphatic carbocycles. The number of hydrogen-bond donors (Lipinski definition) is 1. The summed E-state index contributed by atoms with van der Waals surface area (Å²) in [6, 6.07) is 14.0. The summed E-state index contributed by atoms with van der Waals surface area (Å²) in [5, 5.41) is 11.8. The highest BCUT2D eigenvalue weighted by atomic mass is 16.5. The SMILES string of the molecule is CC(C)OCCCNC(=O)[C@H]1CCCN(c2ccc(-c3ccccc3)nn2)C1. The van der Waals surface area contributed by atoms with Crippen LogP contribution in [-0.4, -0.2) is 48.4 Å². The van der Waals surface area contributed by atoms with Gasteiger partial charge in [-0.15, -0.1) is 10.2 Å². The number of aromatic nitrogens is 2. The van der Waals surface area contributed by atoms with Gasteiger partial charge in [-0.1, -0.05) is 30.3 Å². The molecule has 0 unspecified atom stereocenters. The van der Waals surface area contributed by atoms with Crippen molar-refractivity contribution < 1.29 is 9.53 Å². The zero-order chi connectivity index (χ0) is 19.8. The second-order valence-electron chi connectivity index (χ2n) is 7.49. The van der Waals surface area contributed by atoms with E-state index in [1.165, 1.54) is 0 Å². The summed E-state index contributed by atoms with van der Waals surface area (Å²) in [6.07, 6.45) is 2.97. The van der Waals surface area contributed by atoms with Gasteiger partial charge in [-0.3, -0.25) is 4.79 Å². The first-order valence-electron chi connectivity index (χ1n) is 10.2. The summed E-state index contributed by atoms with van der Waals surface area (Å²) in [5.74, 6) is 0.959. The molecule has 1 aromatic carbocycles. The van der Waals surface area contributed by atoms with E-state index in [1.807, 2.05) is 56.3 Å². The number of amides is 1. The van der Waals surface area contributed by atoms with E-state index >= 15 is 0 Å². The Balaban J connectivity index is 1.51. The molecule has 3 rings (SSSR count). The summed E-state index contributed by atoms with van der Waals surface area (Å²) in [5.41, 5.74) is 1.91. The molecule has 2 aromatic rings. The van der Waals surface area contributed by atoms with E-state index < -0.39 is 0 Å². The Bertz CT molecular complexity index is 734. The van der Waals surface area contributed by atoms with Crippen LogP contribution in [0.25, 0.3) is 11.3 Å². The van der Waals surface area contributed by atoms with Crippen LogP contribution in [0.1, 0.15) is 33.1 Å². The Morgan fingerprint density at radius 2 is 2.04 bits per heavy atom.